The summed E-state index contributed by atoms with van der Waals surface area (Å²) < 4.78 is 5.49. The molecule has 5 nitrogen and oxygen atoms in total. The van der Waals surface area contributed by atoms with Crippen LogP contribution in [-0.2, 0) is 17.6 Å². The van der Waals surface area contributed by atoms with Gasteiger partial charge in [-0.1, -0.05) is 60.0 Å². The van der Waals surface area contributed by atoms with Crippen molar-refractivity contribution in [3.8, 4) is 23.0 Å². The first kappa shape index (κ1) is 28.7. The lowest BCUT2D eigenvalue weighted by Crippen LogP contribution is -2.46. The van der Waals surface area contributed by atoms with Gasteiger partial charge in [-0.2, -0.15) is 0 Å². The Morgan fingerprint density at radius 3 is 2.23 bits per heavy atom. The molecule has 0 atom stereocenters. The van der Waals surface area contributed by atoms with E-state index < -0.39 is 5.60 Å². The summed E-state index contributed by atoms with van der Waals surface area (Å²) in [4.78, 5) is 18.5. The summed E-state index contributed by atoms with van der Waals surface area (Å²) in [5.41, 5.74) is 5.10. The van der Waals surface area contributed by atoms with Crippen LogP contribution < -0.4 is 5.32 Å². The second-order valence-electron chi connectivity index (χ2n) is 11.0. The van der Waals surface area contributed by atoms with Crippen molar-refractivity contribution in [1.82, 2.24) is 15.2 Å². The molecule has 6 heteroatoms. The highest BCUT2D eigenvalue weighted by molar-refractivity contribution is 6.30. The van der Waals surface area contributed by atoms with Crippen molar-refractivity contribution in [3.05, 3.63) is 88.7 Å². The van der Waals surface area contributed by atoms with Gasteiger partial charge >= 0.3 is 6.09 Å². The number of piperidine rings is 1. The fourth-order valence-electron chi connectivity index (χ4n) is 4.53. The number of amides is 1. The van der Waals surface area contributed by atoms with Crippen molar-refractivity contribution in [1.29, 1.82) is 0 Å². The van der Waals surface area contributed by atoms with Crippen LogP contribution in [0.2, 0.25) is 5.02 Å². The van der Waals surface area contributed by atoms with Gasteiger partial charge in [0.15, 0.2) is 0 Å². The average Bonchev–Trinajstić information content (AvgIpc) is 2.92. The Labute approximate surface area is 237 Å². The molecule has 0 bridgehead atoms. The molecule has 2 heterocycles. The van der Waals surface area contributed by atoms with E-state index in [9.17, 15) is 4.79 Å². The van der Waals surface area contributed by atoms with Gasteiger partial charge in [-0.25, -0.2) is 9.78 Å². The van der Waals surface area contributed by atoms with Crippen LogP contribution in [0.15, 0.2) is 66.9 Å². The number of nitrogens with one attached hydrogen (secondary N) is 1. The number of benzene rings is 2. The molecule has 0 saturated carbocycles. The zero-order valence-electron chi connectivity index (χ0n) is 23.2. The Morgan fingerprint density at radius 2 is 1.62 bits per heavy atom. The van der Waals surface area contributed by atoms with Gasteiger partial charge in [-0.05, 0) is 93.8 Å². The first-order chi connectivity index (χ1) is 18.7. The van der Waals surface area contributed by atoms with Crippen LogP contribution in [0.4, 0.5) is 4.79 Å². The Bertz CT molecular complexity index is 1260. The average molecular weight is 544 g/mol. The van der Waals surface area contributed by atoms with E-state index in [0.717, 1.165) is 73.6 Å². The second kappa shape index (κ2) is 13.6. The SMILES string of the molecule is CC(C)(C)OC(=O)N1CCC(NCCc2ccc(CCC#Cc3ccc(-c4ccc(Cl)cc4)cn3)cc2)CC1. The highest BCUT2D eigenvalue weighted by atomic mass is 35.5. The molecule has 0 aliphatic carbocycles. The minimum Gasteiger partial charge on any atom is -0.444 e. The summed E-state index contributed by atoms with van der Waals surface area (Å²) in [6.45, 7) is 8.14. The van der Waals surface area contributed by atoms with Gasteiger partial charge < -0.3 is 15.0 Å². The van der Waals surface area contributed by atoms with Gasteiger partial charge in [0, 0.05) is 42.3 Å². The Hall–Kier alpha value is -3.33. The second-order valence-corrected chi connectivity index (χ2v) is 11.4. The molecule has 2 aromatic carbocycles. The van der Waals surface area contributed by atoms with Gasteiger partial charge in [-0.15, -0.1) is 0 Å². The summed E-state index contributed by atoms with van der Waals surface area (Å²) in [7, 11) is 0. The zero-order chi connectivity index (χ0) is 27.7. The van der Waals surface area contributed by atoms with Crippen molar-refractivity contribution in [3.63, 3.8) is 0 Å². The van der Waals surface area contributed by atoms with Crippen LogP contribution in [0.25, 0.3) is 11.1 Å². The number of likely N-dealkylation sites (tertiary alicyclic amines) is 1. The van der Waals surface area contributed by atoms with E-state index in [0.29, 0.717) is 6.04 Å². The van der Waals surface area contributed by atoms with E-state index >= 15 is 0 Å². The number of carbonyl (C=O) groups is 1. The normalized spacial score (nSPS) is 14.0. The summed E-state index contributed by atoms with van der Waals surface area (Å²) in [6, 6.07) is 21.0. The number of aryl methyl sites for hydroxylation is 1. The van der Waals surface area contributed by atoms with Crippen molar-refractivity contribution in [2.24, 2.45) is 0 Å². The standard InChI is InChI=1S/C33H38ClN3O2/c1-33(2,3)39-32(38)37-22-19-31(20-23-37)35-21-18-26-10-8-25(9-11-26)6-4-5-7-30-17-14-28(24-36-30)27-12-15-29(34)16-13-27/h8-17,24,31,35H,4,6,18-23H2,1-3H3. The van der Waals surface area contributed by atoms with Gasteiger partial charge in [0.25, 0.3) is 0 Å². The van der Waals surface area contributed by atoms with Crippen molar-refractivity contribution in [2.75, 3.05) is 19.6 Å². The molecule has 0 spiro atoms. The highest BCUT2D eigenvalue weighted by Crippen LogP contribution is 2.21. The molecule has 1 aromatic heterocycles. The number of halogens is 1. The minimum absolute atomic E-state index is 0.201. The Morgan fingerprint density at radius 1 is 0.974 bits per heavy atom. The van der Waals surface area contributed by atoms with Crippen LogP contribution in [-0.4, -0.2) is 47.3 Å². The maximum atomic E-state index is 12.2. The summed E-state index contributed by atoms with van der Waals surface area (Å²) in [5.74, 6) is 6.42. The zero-order valence-corrected chi connectivity index (χ0v) is 23.9. The number of hydrogen-bond acceptors (Lipinski definition) is 4. The van der Waals surface area contributed by atoms with Gasteiger partial charge in [0.05, 0.1) is 0 Å². The molecule has 1 saturated heterocycles. The van der Waals surface area contributed by atoms with Crippen molar-refractivity contribution >= 4 is 17.7 Å². The molecule has 4 rings (SSSR count). The number of rotatable bonds is 7. The lowest BCUT2D eigenvalue weighted by molar-refractivity contribution is 0.0198. The first-order valence-corrected chi connectivity index (χ1v) is 14.1. The molecule has 1 fully saturated rings. The fraction of sp³-hybridized carbons (Fsp3) is 0.394. The largest absolute Gasteiger partial charge is 0.444 e. The molecule has 1 N–H and O–H groups in total. The van der Waals surface area contributed by atoms with Gasteiger partial charge in [0.1, 0.15) is 11.3 Å². The topological polar surface area (TPSA) is 54.5 Å². The number of carbonyl (C=O) groups excluding carboxylic acids is 1. The molecule has 1 aliphatic rings. The number of nitrogens with zero attached hydrogens (tertiary/aromatic N) is 2. The predicted octanol–water partition coefficient (Wildman–Crippen LogP) is 6.92. The molecular formula is C33H38ClN3O2. The van der Waals surface area contributed by atoms with E-state index in [-0.39, 0.29) is 6.09 Å². The third-order valence-electron chi connectivity index (χ3n) is 6.71. The van der Waals surface area contributed by atoms with E-state index in [2.05, 4.69) is 46.4 Å². The molecule has 1 aliphatic heterocycles. The van der Waals surface area contributed by atoms with Crippen LogP contribution >= 0.6 is 11.6 Å². The highest BCUT2D eigenvalue weighted by Gasteiger charge is 2.26. The van der Waals surface area contributed by atoms with E-state index in [4.69, 9.17) is 16.3 Å². The molecule has 0 radical (unpaired) electrons. The maximum Gasteiger partial charge on any atom is 0.410 e. The number of ether oxygens (including phenoxy) is 1. The Balaban J connectivity index is 1.14. The lowest BCUT2D eigenvalue weighted by atomic mass is 10.0. The third-order valence-corrected chi connectivity index (χ3v) is 6.96. The van der Waals surface area contributed by atoms with E-state index in [1.165, 1.54) is 11.1 Å². The van der Waals surface area contributed by atoms with E-state index in [1.54, 1.807) is 0 Å². The lowest BCUT2D eigenvalue weighted by Gasteiger charge is -2.33. The van der Waals surface area contributed by atoms with Crippen molar-refractivity contribution in [2.45, 2.75) is 64.5 Å². The van der Waals surface area contributed by atoms with Crippen LogP contribution in [0, 0.1) is 11.8 Å². The monoisotopic (exact) mass is 543 g/mol. The molecular weight excluding hydrogens is 506 g/mol. The summed E-state index contributed by atoms with van der Waals surface area (Å²) in [6.07, 6.45) is 6.28. The van der Waals surface area contributed by atoms with Gasteiger partial charge in [0.2, 0.25) is 0 Å². The smallest absolute Gasteiger partial charge is 0.410 e. The first-order valence-electron chi connectivity index (χ1n) is 13.8. The maximum absolute atomic E-state index is 12.2. The van der Waals surface area contributed by atoms with E-state index in [1.807, 2.05) is 68.3 Å². The minimum atomic E-state index is -0.445. The third kappa shape index (κ3) is 9.42. The Kier molecular flexibility index (Phi) is 10.0. The number of pyridine rings is 1. The molecule has 0 unspecified atom stereocenters. The number of aromatic nitrogens is 1. The van der Waals surface area contributed by atoms with Crippen LogP contribution in [0.1, 0.15) is 56.9 Å². The number of hydrogen-bond donors (Lipinski definition) is 1. The summed E-state index contributed by atoms with van der Waals surface area (Å²) >= 11 is 5.97. The van der Waals surface area contributed by atoms with Crippen LogP contribution in [0.3, 0.4) is 0 Å². The quantitative estimate of drug-likeness (QED) is 0.329. The summed E-state index contributed by atoms with van der Waals surface area (Å²) in [5, 5.41) is 4.38. The van der Waals surface area contributed by atoms with Crippen molar-refractivity contribution < 1.29 is 9.53 Å². The fourth-order valence-corrected chi connectivity index (χ4v) is 4.65. The molecule has 39 heavy (non-hydrogen) atoms. The molecule has 3 aromatic rings. The van der Waals surface area contributed by atoms with Gasteiger partial charge in [-0.3, -0.25) is 0 Å². The molecule has 204 valence electrons. The van der Waals surface area contributed by atoms with Crippen LogP contribution in [0.5, 0.6) is 0 Å². The predicted molar refractivity (Wildman–Crippen MR) is 159 cm³/mol. The molecule has 1 amide bonds.